The first-order valence-corrected chi connectivity index (χ1v) is 7.92. The van der Waals surface area contributed by atoms with Gasteiger partial charge in [0, 0.05) is 25.0 Å². The lowest BCUT2D eigenvalue weighted by molar-refractivity contribution is -0.119. The van der Waals surface area contributed by atoms with E-state index in [0.717, 1.165) is 19.6 Å². The number of ether oxygens (including phenoxy) is 1. The number of aromatic nitrogens is 2. The molecule has 0 spiro atoms. The highest BCUT2D eigenvalue weighted by Crippen LogP contribution is 2.23. The summed E-state index contributed by atoms with van der Waals surface area (Å²) >= 11 is 0. The van der Waals surface area contributed by atoms with Crippen molar-refractivity contribution in [2.75, 3.05) is 13.2 Å². The highest BCUT2D eigenvalue weighted by Gasteiger charge is 2.24. The van der Waals surface area contributed by atoms with Crippen LogP contribution in [0, 0.1) is 0 Å². The van der Waals surface area contributed by atoms with Gasteiger partial charge in [0.2, 0.25) is 0 Å². The lowest BCUT2D eigenvalue weighted by Crippen LogP contribution is -2.32. The second kappa shape index (κ2) is 7.28. The van der Waals surface area contributed by atoms with Gasteiger partial charge >= 0.3 is 0 Å². The summed E-state index contributed by atoms with van der Waals surface area (Å²) in [6.45, 7) is 2.80. The quantitative estimate of drug-likeness (QED) is 0.838. The Morgan fingerprint density at radius 3 is 3.09 bits per heavy atom. The predicted octanol–water partition coefficient (Wildman–Crippen LogP) is 1.41. The van der Waals surface area contributed by atoms with E-state index < -0.39 is 5.91 Å². The number of nitrogens with zero attached hydrogens (tertiary/aromatic N) is 3. The van der Waals surface area contributed by atoms with E-state index in [1.54, 1.807) is 0 Å². The minimum absolute atomic E-state index is 0.0882. The highest BCUT2D eigenvalue weighted by molar-refractivity contribution is 5.75. The fraction of sp³-hybridized carbons (Fsp3) is 0.412. The highest BCUT2D eigenvalue weighted by atomic mass is 16.5. The Morgan fingerprint density at radius 1 is 1.39 bits per heavy atom. The first-order chi connectivity index (χ1) is 11.2. The molecule has 1 aliphatic heterocycles. The second-order valence-corrected chi connectivity index (χ2v) is 5.90. The molecule has 6 heteroatoms. The van der Waals surface area contributed by atoms with Crippen molar-refractivity contribution in [3.63, 3.8) is 0 Å². The Hall–Kier alpha value is -2.34. The van der Waals surface area contributed by atoms with Gasteiger partial charge in [0.15, 0.2) is 6.61 Å². The number of carbonyl (C=O) groups excluding carboxylic acids is 1. The molecule has 6 nitrogen and oxygen atoms in total. The molecule has 2 N–H and O–H groups in total. The number of carbonyl (C=O) groups is 1. The number of amides is 1. The topological polar surface area (TPSA) is 73.4 Å². The van der Waals surface area contributed by atoms with Crippen LogP contribution in [0.1, 0.15) is 18.4 Å². The van der Waals surface area contributed by atoms with E-state index in [1.807, 2.05) is 41.3 Å². The Labute approximate surface area is 135 Å². The molecule has 0 aliphatic carbocycles. The SMILES string of the molecule is NC(=O)COc1cccc(CN2CCCC2Cn2cccn2)c1. The number of benzene rings is 1. The molecule has 1 atom stereocenters. The summed E-state index contributed by atoms with van der Waals surface area (Å²) in [5.41, 5.74) is 6.29. The van der Waals surface area contributed by atoms with Gasteiger partial charge in [-0.2, -0.15) is 5.10 Å². The molecule has 1 amide bonds. The molecule has 0 bridgehead atoms. The van der Waals surface area contributed by atoms with Crippen molar-refractivity contribution in [1.82, 2.24) is 14.7 Å². The van der Waals surface area contributed by atoms with Crippen LogP contribution in [0.25, 0.3) is 0 Å². The summed E-state index contributed by atoms with van der Waals surface area (Å²) in [6, 6.07) is 10.3. The van der Waals surface area contributed by atoms with Crippen LogP contribution in [0.5, 0.6) is 5.75 Å². The number of hydrogen-bond donors (Lipinski definition) is 1. The van der Waals surface area contributed by atoms with Crippen molar-refractivity contribution in [3.05, 3.63) is 48.3 Å². The van der Waals surface area contributed by atoms with E-state index in [4.69, 9.17) is 10.5 Å². The maximum atomic E-state index is 10.8. The third-order valence-electron chi connectivity index (χ3n) is 4.12. The molecule has 0 radical (unpaired) electrons. The van der Waals surface area contributed by atoms with E-state index in [1.165, 1.54) is 18.4 Å². The molecule has 1 aliphatic rings. The summed E-state index contributed by atoms with van der Waals surface area (Å²) in [5, 5.41) is 4.30. The fourth-order valence-corrected chi connectivity index (χ4v) is 3.06. The Kier molecular flexibility index (Phi) is 4.92. The average Bonchev–Trinajstić information content (AvgIpc) is 3.19. The minimum atomic E-state index is -0.464. The standard InChI is InChI=1S/C17H22N4O2/c18-17(22)13-23-16-6-1-4-14(10-16)11-20-8-2-5-15(20)12-21-9-3-7-19-21/h1,3-4,6-7,9-10,15H,2,5,8,11-13H2,(H2,18,22). The third kappa shape index (κ3) is 4.32. The Bertz CT molecular complexity index is 642. The molecule has 0 saturated carbocycles. The smallest absolute Gasteiger partial charge is 0.255 e. The molecule has 3 rings (SSSR count). The Morgan fingerprint density at radius 2 is 2.30 bits per heavy atom. The minimum Gasteiger partial charge on any atom is -0.484 e. The monoisotopic (exact) mass is 314 g/mol. The van der Waals surface area contributed by atoms with Crippen LogP contribution < -0.4 is 10.5 Å². The van der Waals surface area contributed by atoms with Gasteiger partial charge in [-0.15, -0.1) is 0 Å². The van der Waals surface area contributed by atoms with Gasteiger partial charge in [0.1, 0.15) is 5.75 Å². The lowest BCUT2D eigenvalue weighted by atomic mass is 10.1. The van der Waals surface area contributed by atoms with E-state index in [2.05, 4.69) is 16.1 Å². The van der Waals surface area contributed by atoms with Crippen molar-refractivity contribution in [3.8, 4) is 5.75 Å². The molecule has 23 heavy (non-hydrogen) atoms. The maximum Gasteiger partial charge on any atom is 0.255 e. The van der Waals surface area contributed by atoms with Crippen LogP contribution in [-0.2, 0) is 17.9 Å². The molecule has 1 aromatic carbocycles. The zero-order valence-corrected chi connectivity index (χ0v) is 13.1. The molecule has 1 unspecified atom stereocenters. The maximum absolute atomic E-state index is 10.8. The largest absolute Gasteiger partial charge is 0.484 e. The summed E-state index contributed by atoms with van der Waals surface area (Å²) in [7, 11) is 0. The summed E-state index contributed by atoms with van der Waals surface area (Å²) in [5.74, 6) is 0.221. The summed E-state index contributed by atoms with van der Waals surface area (Å²) in [4.78, 5) is 13.3. The number of hydrogen-bond acceptors (Lipinski definition) is 4. The lowest BCUT2D eigenvalue weighted by Gasteiger charge is -2.24. The molecular weight excluding hydrogens is 292 g/mol. The van der Waals surface area contributed by atoms with Crippen LogP contribution in [0.2, 0.25) is 0 Å². The number of primary amides is 1. The van der Waals surface area contributed by atoms with Gasteiger partial charge in [-0.1, -0.05) is 12.1 Å². The van der Waals surface area contributed by atoms with Crippen LogP contribution in [0.15, 0.2) is 42.7 Å². The van der Waals surface area contributed by atoms with Crippen LogP contribution in [0.4, 0.5) is 0 Å². The normalized spacial score (nSPS) is 18.2. The summed E-state index contributed by atoms with van der Waals surface area (Å²) < 4.78 is 7.37. The van der Waals surface area contributed by atoms with Crippen molar-refractivity contribution in [2.45, 2.75) is 32.0 Å². The zero-order chi connectivity index (χ0) is 16.1. The second-order valence-electron chi connectivity index (χ2n) is 5.90. The van der Waals surface area contributed by atoms with E-state index in [0.29, 0.717) is 11.8 Å². The van der Waals surface area contributed by atoms with Gasteiger partial charge in [0.05, 0.1) is 6.54 Å². The van der Waals surface area contributed by atoms with E-state index in [9.17, 15) is 4.79 Å². The Balaban J connectivity index is 1.61. The molecule has 1 saturated heterocycles. The zero-order valence-electron chi connectivity index (χ0n) is 13.1. The molecule has 2 aromatic rings. The molecular formula is C17H22N4O2. The number of nitrogens with two attached hydrogens (primary N) is 1. The predicted molar refractivity (Wildman–Crippen MR) is 86.8 cm³/mol. The van der Waals surface area contributed by atoms with Crippen LogP contribution >= 0.6 is 0 Å². The van der Waals surface area contributed by atoms with Gasteiger partial charge in [-0.05, 0) is 43.1 Å². The average molecular weight is 314 g/mol. The third-order valence-corrected chi connectivity index (χ3v) is 4.12. The van der Waals surface area contributed by atoms with Crippen molar-refractivity contribution in [2.24, 2.45) is 5.73 Å². The fourth-order valence-electron chi connectivity index (χ4n) is 3.06. The molecule has 122 valence electrons. The number of likely N-dealkylation sites (tertiary alicyclic amines) is 1. The molecule has 1 fully saturated rings. The van der Waals surface area contributed by atoms with Gasteiger partial charge in [0.25, 0.3) is 5.91 Å². The van der Waals surface area contributed by atoms with Crippen molar-refractivity contribution >= 4 is 5.91 Å². The van der Waals surface area contributed by atoms with E-state index >= 15 is 0 Å². The van der Waals surface area contributed by atoms with Crippen LogP contribution in [0.3, 0.4) is 0 Å². The first-order valence-electron chi connectivity index (χ1n) is 7.92. The first kappa shape index (κ1) is 15.6. The molecule has 2 heterocycles. The van der Waals surface area contributed by atoms with Crippen molar-refractivity contribution in [1.29, 1.82) is 0 Å². The van der Waals surface area contributed by atoms with Gasteiger partial charge in [-0.3, -0.25) is 14.4 Å². The molecule has 1 aromatic heterocycles. The number of rotatable bonds is 7. The summed E-state index contributed by atoms with van der Waals surface area (Å²) in [6.07, 6.45) is 6.23. The van der Waals surface area contributed by atoms with Gasteiger partial charge in [-0.25, -0.2) is 0 Å². The van der Waals surface area contributed by atoms with Gasteiger partial charge < -0.3 is 10.5 Å². The van der Waals surface area contributed by atoms with E-state index in [-0.39, 0.29) is 6.61 Å². The van der Waals surface area contributed by atoms with Crippen molar-refractivity contribution < 1.29 is 9.53 Å². The van der Waals surface area contributed by atoms with Crippen LogP contribution in [-0.4, -0.2) is 39.8 Å².